The Morgan fingerprint density at radius 3 is 1.89 bits per heavy atom. The number of nitrogens with one attached hydrogen (secondary N) is 2. The van der Waals surface area contributed by atoms with Gasteiger partial charge in [-0.2, -0.15) is 0 Å². The fraction of sp³-hybridized carbons (Fsp3) is 0. The first kappa shape index (κ1) is 18.1. The lowest BCUT2D eigenvalue weighted by molar-refractivity contribution is 0.101. The molecular weight excluding hydrogens is 359 g/mol. The molecule has 0 atom stereocenters. The molecule has 1 aromatic heterocycles. The van der Waals surface area contributed by atoms with Crippen molar-refractivity contribution in [1.82, 2.24) is 4.98 Å². The van der Waals surface area contributed by atoms with Crippen LogP contribution in [-0.4, -0.2) is 16.8 Å². The summed E-state index contributed by atoms with van der Waals surface area (Å²) in [6, 6.07) is 12.4. The maximum atomic E-state index is 13.2. The highest BCUT2D eigenvalue weighted by atomic mass is 19.2. The summed E-state index contributed by atoms with van der Waals surface area (Å²) in [4.78, 5) is 28.4. The third-order valence-corrected chi connectivity index (χ3v) is 3.47. The number of aromatic nitrogens is 1. The molecule has 0 saturated carbocycles. The molecule has 8 heteroatoms. The zero-order chi connectivity index (χ0) is 19.4. The molecule has 2 aromatic carbocycles. The van der Waals surface area contributed by atoms with Gasteiger partial charge in [0.25, 0.3) is 11.8 Å². The Morgan fingerprint density at radius 1 is 0.704 bits per heavy atom. The predicted molar refractivity (Wildman–Crippen MR) is 92.9 cm³/mol. The van der Waals surface area contributed by atoms with Crippen LogP contribution in [0, 0.1) is 17.5 Å². The van der Waals surface area contributed by atoms with Crippen molar-refractivity contribution in [3.63, 3.8) is 0 Å². The topological polar surface area (TPSA) is 71.1 Å². The van der Waals surface area contributed by atoms with Crippen molar-refractivity contribution in [3.8, 4) is 0 Å². The van der Waals surface area contributed by atoms with E-state index in [1.807, 2.05) is 0 Å². The smallest absolute Gasteiger partial charge is 0.274 e. The largest absolute Gasteiger partial charge is 0.321 e. The average molecular weight is 371 g/mol. The zero-order valence-corrected chi connectivity index (χ0v) is 13.7. The van der Waals surface area contributed by atoms with Gasteiger partial charge in [-0.05, 0) is 42.5 Å². The second-order valence-electron chi connectivity index (χ2n) is 5.46. The number of halogens is 3. The summed E-state index contributed by atoms with van der Waals surface area (Å²) in [6.45, 7) is 0. The van der Waals surface area contributed by atoms with Crippen LogP contribution in [0.15, 0.2) is 60.7 Å². The first-order valence-corrected chi connectivity index (χ1v) is 7.73. The molecule has 0 aliphatic carbocycles. The second-order valence-corrected chi connectivity index (χ2v) is 5.46. The number of anilines is 2. The fourth-order valence-corrected chi connectivity index (χ4v) is 2.22. The first-order valence-electron chi connectivity index (χ1n) is 7.73. The van der Waals surface area contributed by atoms with Gasteiger partial charge >= 0.3 is 0 Å². The van der Waals surface area contributed by atoms with Crippen molar-refractivity contribution in [2.24, 2.45) is 0 Å². The average Bonchev–Trinajstić information content (AvgIpc) is 2.65. The zero-order valence-electron chi connectivity index (χ0n) is 13.7. The molecule has 0 saturated heterocycles. The van der Waals surface area contributed by atoms with Gasteiger partial charge in [-0.25, -0.2) is 18.2 Å². The highest BCUT2D eigenvalue weighted by Crippen LogP contribution is 2.15. The Kier molecular flexibility index (Phi) is 5.16. The van der Waals surface area contributed by atoms with Crippen molar-refractivity contribution in [2.45, 2.75) is 0 Å². The van der Waals surface area contributed by atoms with Crippen LogP contribution in [0.1, 0.15) is 21.0 Å². The molecule has 1 heterocycles. The summed E-state index contributed by atoms with van der Waals surface area (Å²) >= 11 is 0. The van der Waals surface area contributed by atoms with Crippen molar-refractivity contribution in [3.05, 3.63) is 89.5 Å². The lowest BCUT2D eigenvalue weighted by atomic mass is 10.2. The molecule has 2 N–H and O–H groups in total. The molecule has 5 nitrogen and oxygen atoms in total. The Bertz CT molecular complexity index is 1020. The monoisotopic (exact) mass is 371 g/mol. The van der Waals surface area contributed by atoms with Crippen LogP contribution >= 0.6 is 0 Å². The van der Waals surface area contributed by atoms with E-state index in [2.05, 4.69) is 15.6 Å². The van der Waals surface area contributed by atoms with E-state index in [4.69, 9.17) is 0 Å². The third kappa shape index (κ3) is 4.49. The molecule has 27 heavy (non-hydrogen) atoms. The van der Waals surface area contributed by atoms with Crippen LogP contribution in [0.2, 0.25) is 0 Å². The fourth-order valence-electron chi connectivity index (χ4n) is 2.22. The lowest BCUT2D eigenvalue weighted by Gasteiger charge is -2.08. The van der Waals surface area contributed by atoms with Crippen LogP contribution in [0.5, 0.6) is 0 Å². The van der Waals surface area contributed by atoms with Gasteiger partial charge in [0.15, 0.2) is 11.6 Å². The Labute approximate surface area is 151 Å². The molecule has 3 rings (SSSR count). The number of rotatable bonds is 4. The lowest BCUT2D eigenvalue weighted by Crippen LogP contribution is -2.18. The Balaban J connectivity index is 1.75. The number of benzene rings is 2. The van der Waals surface area contributed by atoms with Gasteiger partial charge in [0.2, 0.25) is 0 Å². The number of hydrogen-bond acceptors (Lipinski definition) is 3. The predicted octanol–water partition coefficient (Wildman–Crippen LogP) is 4.00. The maximum Gasteiger partial charge on any atom is 0.274 e. The van der Waals surface area contributed by atoms with Gasteiger partial charge in [-0.1, -0.05) is 12.1 Å². The normalized spacial score (nSPS) is 10.3. The van der Waals surface area contributed by atoms with E-state index in [9.17, 15) is 22.8 Å². The molecule has 0 radical (unpaired) electrons. The molecule has 0 bridgehead atoms. The minimum atomic E-state index is -1.11. The molecule has 0 unspecified atom stereocenters. The molecule has 3 aromatic rings. The van der Waals surface area contributed by atoms with Gasteiger partial charge in [0.05, 0.1) is 0 Å². The first-order chi connectivity index (χ1) is 12.9. The summed E-state index contributed by atoms with van der Waals surface area (Å²) in [7, 11) is 0. The van der Waals surface area contributed by atoms with Crippen LogP contribution in [0.25, 0.3) is 0 Å². The summed E-state index contributed by atoms with van der Waals surface area (Å²) in [5.41, 5.74) is 0.0950. The van der Waals surface area contributed by atoms with Crippen LogP contribution in [0.4, 0.5) is 24.5 Å². The minimum Gasteiger partial charge on any atom is -0.321 e. The SMILES string of the molecule is O=C(Nc1cccc(F)c1)c1cccc(C(=O)Nc2ccc(F)c(F)c2)n1. The van der Waals surface area contributed by atoms with Crippen LogP contribution in [-0.2, 0) is 0 Å². The number of amides is 2. The highest BCUT2D eigenvalue weighted by Gasteiger charge is 2.14. The summed E-state index contributed by atoms with van der Waals surface area (Å²) < 4.78 is 39.3. The maximum absolute atomic E-state index is 13.2. The van der Waals surface area contributed by atoms with Gasteiger partial charge in [-0.3, -0.25) is 9.59 Å². The quantitative estimate of drug-likeness (QED) is 0.728. The van der Waals surface area contributed by atoms with Gasteiger partial charge < -0.3 is 10.6 Å². The number of carbonyl (C=O) groups excluding carboxylic acids is 2. The Hall–Kier alpha value is -3.68. The molecule has 0 aliphatic heterocycles. The van der Waals surface area contributed by atoms with E-state index in [1.54, 1.807) is 0 Å². The van der Waals surface area contributed by atoms with Crippen molar-refractivity contribution in [1.29, 1.82) is 0 Å². The standard InChI is InChI=1S/C19H12F3N3O2/c20-11-3-1-4-12(9-11)23-18(26)16-5-2-6-17(25-16)19(27)24-13-7-8-14(21)15(22)10-13/h1-10H,(H,23,26)(H,24,27). The third-order valence-electron chi connectivity index (χ3n) is 3.47. The number of hydrogen-bond donors (Lipinski definition) is 2. The van der Waals surface area contributed by atoms with E-state index in [0.29, 0.717) is 0 Å². The van der Waals surface area contributed by atoms with E-state index in [-0.39, 0.29) is 22.8 Å². The Morgan fingerprint density at radius 2 is 1.30 bits per heavy atom. The van der Waals surface area contributed by atoms with E-state index >= 15 is 0 Å². The van der Waals surface area contributed by atoms with Gasteiger partial charge in [-0.15, -0.1) is 0 Å². The van der Waals surface area contributed by atoms with Crippen LogP contribution < -0.4 is 10.6 Å². The van der Waals surface area contributed by atoms with Crippen LogP contribution in [0.3, 0.4) is 0 Å². The van der Waals surface area contributed by atoms with E-state index < -0.39 is 29.3 Å². The van der Waals surface area contributed by atoms with Crippen molar-refractivity contribution in [2.75, 3.05) is 10.6 Å². The molecule has 0 spiro atoms. The van der Waals surface area contributed by atoms with E-state index in [0.717, 1.165) is 18.2 Å². The molecule has 136 valence electrons. The van der Waals surface area contributed by atoms with Gasteiger partial charge in [0, 0.05) is 17.4 Å². The molecule has 0 aliphatic rings. The molecule has 2 amide bonds. The molecular formula is C19H12F3N3O2. The number of carbonyl (C=O) groups is 2. The number of pyridine rings is 1. The second kappa shape index (κ2) is 7.69. The number of nitrogens with zero attached hydrogens (tertiary/aromatic N) is 1. The van der Waals surface area contributed by atoms with Gasteiger partial charge in [0.1, 0.15) is 17.2 Å². The summed E-state index contributed by atoms with van der Waals surface area (Å²) in [5, 5.41) is 4.82. The highest BCUT2D eigenvalue weighted by molar-refractivity contribution is 6.06. The summed E-state index contributed by atoms with van der Waals surface area (Å²) in [6.07, 6.45) is 0. The van der Waals surface area contributed by atoms with Crippen molar-refractivity contribution >= 4 is 23.2 Å². The van der Waals surface area contributed by atoms with E-state index in [1.165, 1.54) is 42.5 Å². The minimum absolute atomic E-state index is 0.0373. The van der Waals surface area contributed by atoms with Crippen molar-refractivity contribution < 1.29 is 22.8 Å². The summed E-state index contributed by atoms with van der Waals surface area (Å²) in [5.74, 6) is -4.00. The molecule has 0 fully saturated rings.